The number of sulfonamides is 1. The lowest BCUT2D eigenvalue weighted by Crippen LogP contribution is -2.57. The molecule has 1 aliphatic heterocycles. The first-order chi connectivity index (χ1) is 16.1. The van der Waals surface area contributed by atoms with E-state index in [0.29, 0.717) is 17.3 Å². The van der Waals surface area contributed by atoms with Crippen molar-refractivity contribution < 1.29 is 13.2 Å². The van der Waals surface area contributed by atoms with Crippen LogP contribution in [0.4, 0.5) is 5.82 Å². The number of hydrogen-bond donors (Lipinski definition) is 0. The first-order valence-corrected chi connectivity index (χ1v) is 13.9. The molecule has 4 rings (SSSR count). The normalized spacial score (nSPS) is 24.0. The molecule has 2 fully saturated rings. The van der Waals surface area contributed by atoms with E-state index in [1.165, 1.54) is 10.6 Å². The van der Waals surface area contributed by atoms with Crippen LogP contribution in [0.1, 0.15) is 50.6 Å². The minimum Gasteiger partial charge on any atom is -0.330 e. The van der Waals surface area contributed by atoms with Gasteiger partial charge in [0.25, 0.3) is 0 Å². The summed E-state index contributed by atoms with van der Waals surface area (Å²) < 4.78 is 27.0. The van der Waals surface area contributed by atoms with Gasteiger partial charge in [0.05, 0.1) is 30.3 Å². The third-order valence-corrected chi connectivity index (χ3v) is 8.48. The van der Waals surface area contributed by atoms with Crippen LogP contribution in [0.25, 0.3) is 0 Å². The highest BCUT2D eigenvalue weighted by Crippen LogP contribution is 2.48. The second kappa shape index (κ2) is 9.70. The number of nitrogens with zero attached hydrogens (tertiary/aromatic N) is 3. The van der Waals surface area contributed by atoms with Crippen molar-refractivity contribution in [1.82, 2.24) is 9.88 Å². The van der Waals surface area contributed by atoms with E-state index in [1.54, 1.807) is 24.4 Å². The molecule has 2 aliphatic rings. The first-order valence-electron chi connectivity index (χ1n) is 11.7. The molecule has 6 nitrogen and oxygen atoms in total. The van der Waals surface area contributed by atoms with Gasteiger partial charge in [-0.3, -0.25) is 9.10 Å². The van der Waals surface area contributed by atoms with Gasteiger partial charge in [-0.2, -0.15) is 0 Å². The van der Waals surface area contributed by atoms with Crippen molar-refractivity contribution in [3.63, 3.8) is 0 Å². The van der Waals surface area contributed by atoms with Crippen molar-refractivity contribution in [3.8, 4) is 0 Å². The maximum Gasteiger partial charge on any atom is 0.233 e. The molecule has 1 saturated carbocycles. The largest absolute Gasteiger partial charge is 0.330 e. The number of hydrogen-bond acceptors (Lipinski definition) is 4. The molecule has 0 N–H and O–H groups in total. The fourth-order valence-electron chi connectivity index (χ4n) is 5.07. The van der Waals surface area contributed by atoms with E-state index in [-0.39, 0.29) is 30.5 Å². The van der Waals surface area contributed by atoms with Crippen LogP contribution in [-0.2, 0) is 14.8 Å². The maximum absolute atomic E-state index is 14.1. The minimum absolute atomic E-state index is 0.0602. The SMILES string of the molecule is C=CC[C@@]1(C)CCC(c2ccc(Cl)cc2)N(C(CN(c2ccccn2)S(C)(=O)=O)C2CC2)C1=O. The molecule has 2 aromatic rings. The summed E-state index contributed by atoms with van der Waals surface area (Å²) in [5.41, 5.74) is 0.464. The van der Waals surface area contributed by atoms with Gasteiger partial charge in [-0.05, 0) is 67.9 Å². The van der Waals surface area contributed by atoms with Crippen molar-refractivity contribution in [2.24, 2.45) is 11.3 Å². The number of amides is 1. The van der Waals surface area contributed by atoms with Gasteiger partial charge >= 0.3 is 0 Å². The lowest BCUT2D eigenvalue weighted by Gasteiger charge is -2.49. The predicted octanol–water partition coefficient (Wildman–Crippen LogP) is 5.23. The highest BCUT2D eigenvalue weighted by atomic mass is 35.5. The van der Waals surface area contributed by atoms with Crippen molar-refractivity contribution in [2.45, 2.75) is 51.1 Å². The summed E-state index contributed by atoms with van der Waals surface area (Å²) in [5, 5.41) is 0.645. The molecule has 3 atom stereocenters. The Morgan fingerprint density at radius 1 is 1.24 bits per heavy atom. The topological polar surface area (TPSA) is 70.6 Å². The standard InChI is InChI=1S/C26H32ClN3O3S/c1-4-15-26(2)16-14-22(19-10-12-21(27)13-11-19)30(25(26)31)23(20-8-9-20)18-29(34(3,32)33)24-7-5-6-17-28-24/h4-7,10-13,17,20,22-23H,1,8-9,14-16,18H2,2-3H3/t22?,23?,26-/m0/s1. The molecule has 1 aromatic heterocycles. The molecule has 1 amide bonds. The van der Waals surface area contributed by atoms with E-state index < -0.39 is 15.4 Å². The minimum atomic E-state index is -3.60. The number of pyridine rings is 1. The Morgan fingerprint density at radius 2 is 1.94 bits per heavy atom. The molecular formula is C26H32ClN3O3S. The predicted molar refractivity (Wildman–Crippen MR) is 136 cm³/mol. The second-order valence-electron chi connectivity index (χ2n) is 9.76. The summed E-state index contributed by atoms with van der Waals surface area (Å²) in [6.07, 6.45) is 8.66. The fraction of sp³-hybridized carbons (Fsp3) is 0.462. The van der Waals surface area contributed by atoms with Crippen LogP contribution in [0.2, 0.25) is 5.02 Å². The molecule has 1 aromatic carbocycles. The van der Waals surface area contributed by atoms with Gasteiger partial charge in [-0.1, -0.05) is 42.8 Å². The van der Waals surface area contributed by atoms with Crippen LogP contribution < -0.4 is 4.31 Å². The van der Waals surface area contributed by atoms with Gasteiger partial charge in [0, 0.05) is 11.2 Å². The zero-order valence-electron chi connectivity index (χ0n) is 19.7. The second-order valence-corrected chi connectivity index (χ2v) is 12.1. The number of piperidine rings is 1. The molecule has 2 heterocycles. The maximum atomic E-state index is 14.1. The summed E-state index contributed by atoms with van der Waals surface area (Å²) in [7, 11) is -3.60. The zero-order valence-corrected chi connectivity index (χ0v) is 21.3. The van der Waals surface area contributed by atoms with Crippen LogP contribution >= 0.6 is 11.6 Å². The molecule has 0 spiro atoms. The quantitative estimate of drug-likeness (QED) is 0.441. The molecule has 0 bridgehead atoms. The van der Waals surface area contributed by atoms with E-state index in [1.807, 2.05) is 42.2 Å². The van der Waals surface area contributed by atoms with Crippen molar-refractivity contribution in [3.05, 3.63) is 71.9 Å². The van der Waals surface area contributed by atoms with E-state index in [0.717, 1.165) is 31.2 Å². The van der Waals surface area contributed by atoms with E-state index in [4.69, 9.17) is 11.6 Å². The Kier molecular flexibility index (Phi) is 7.06. The number of rotatable bonds is 9. The van der Waals surface area contributed by atoms with E-state index in [9.17, 15) is 13.2 Å². The van der Waals surface area contributed by atoms with Gasteiger partial charge in [-0.25, -0.2) is 13.4 Å². The molecule has 34 heavy (non-hydrogen) atoms. The summed E-state index contributed by atoms with van der Waals surface area (Å²) in [6, 6.07) is 12.5. The highest BCUT2D eigenvalue weighted by molar-refractivity contribution is 7.92. The Bertz CT molecular complexity index is 1140. The van der Waals surface area contributed by atoms with Crippen molar-refractivity contribution in [1.29, 1.82) is 0 Å². The van der Waals surface area contributed by atoms with Crippen LogP contribution in [0.5, 0.6) is 0 Å². The Morgan fingerprint density at radius 3 is 2.50 bits per heavy atom. The number of allylic oxidation sites excluding steroid dienone is 1. The first kappa shape index (κ1) is 24.7. The van der Waals surface area contributed by atoms with Gasteiger partial charge in [0.2, 0.25) is 15.9 Å². The number of likely N-dealkylation sites (tertiary alicyclic amines) is 1. The number of benzene rings is 1. The molecular weight excluding hydrogens is 470 g/mol. The summed E-state index contributed by atoms with van der Waals surface area (Å²) in [6.45, 7) is 6.06. The zero-order chi connectivity index (χ0) is 24.5. The lowest BCUT2D eigenvalue weighted by molar-refractivity contribution is -0.153. The average Bonchev–Trinajstić information content (AvgIpc) is 3.63. The summed E-state index contributed by atoms with van der Waals surface area (Å²) in [4.78, 5) is 20.4. The van der Waals surface area contributed by atoms with Gasteiger partial charge < -0.3 is 4.90 Å². The third-order valence-electron chi connectivity index (χ3n) is 7.09. The monoisotopic (exact) mass is 501 g/mol. The average molecular weight is 502 g/mol. The summed E-state index contributed by atoms with van der Waals surface area (Å²) in [5.74, 6) is 0.680. The Hall–Kier alpha value is -2.38. The number of anilines is 1. The Labute approximate surface area is 207 Å². The van der Waals surface area contributed by atoms with Gasteiger partial charge in [0.15, 0.2) is 0 Å². The fourth-order valence-corrected chi connectivity index (χ4v) is 6.07. The van der Waals surface area contributed by atoms with Crippen LogP contribution in [0.3, 0.4) is 0 Å². The van der Waals surface area contributed by atoms with Crippen LogP contribution in [0.15, 0.2) is 61.3 Å². The number of aromatic nitrogens is 1. The third kappa shape index (κ3) is 5.15. The van der Waals surface area contributed by atoms with Crippen LogP contribution in [-0.4, -0.2) is 43.1 Å². The molecule has 1 saturated heterocycles. The molecule has 2 unspecified atom stereocenters. The van der Waals surface area contributed by atoms with E-state index >= 15 is 0 Å². The summed E-state index contributed by atoms with van der Waals surface area (Å²) >= 11 is 6.14. The van der Waals surface area contributed by atoms with Gasteiger partial charge in [-0.15, -0.1) is 6.58 Å². The molecule has 8 heteroatoms. The smallest absolute Gasteiger partial charge is 0.233 e. The van der Waals surface area contributed by atoms with E-state index in [2.05, 4.69) is 11.6 Å². The molecule has 0 radical (unpaired) electrons. The number of halogens is 1. The highest BCUT2D eigenvalue weighted by Gasteiger charge is 2.50. The van der Waals surface area contributed by atoms with Crippen molar-refractivity contribution >= 4 is 33.3 Å². The van der Waals surface area contributed by atoms with Gasteiger partial charge in [0.1, 0.15) is 5.82 Å². The molecule has 182 valence electrons. The molecule has 1 aliphatic carbocycles. The lowest BCUT2D eigenvalue weighted by atomic mass is 9.74. The number of carbonyl (C=O) groups is 1. The Balaban J connectivity index is 1.77. The van der Waals surface area contributed by atoms with Crippen molar-refractivity contribution in [2.75, 3.05) is 17.1 Å². The van der Waals surface area contributed by atoms with Crippen LogP contribution in [0, 0.1) is 11.3 Å². The number of carbonyl (C=O) groups excluding carboxylic acids is 1.